The van der Waals surface area contributed by atoms with Gasteiger partial charge in [0.1, 0.15) is 11.5 Å². The molecule has 0 radical (unpaired) electrons. The number of hydrogen-bond donors (Lipinski definition) is 0. The fourth-order valence-electron chi connectivity index (χ4n) is 2.01. The molecule has 0 saturated heterocycles. The molecule has 2 rings (SSSR count). The molecule has 0 N–H and O–H groups in total. The van der Waals surface area contributed by atoms with Gasteiger partial charge in [-0.3, -0.25) is 4.79 Å². The summed E-state index contributed by atoms with van der Waals surface area (Å²) in [4.78, 5) is 12.3. The summed E-state index contributed by atoms with van der Waals surface area (Å²) in [5.41, 5.74) is 2.52. The second-order valence-corrected chi connectivity index (χ2v) is 4.68. The largest absolute Gasteiger partial charge is 0.497 e. The normalized spacial score (nSPS) is 10.6. The van der Waals surface area contributed by atoms with Crippen LogP contribution in [0.15, 0.2) is 48.5 Å². The maximum atomic E-state index is 12.3. The maximum absolute atomic E-state index is 12.3. The van der Waals surface area contributed by atoms with Crippen LogP contribution in [-0.4, -0.2) is 20.0 Å². The van der Waals surface area contributed by atoms with Crippen LogP contribution in [0.3, 0.4) is 0 Å². The summed E-state index contributed by atoms with van der Waals surface area (Å²) in [7, 11) is 3.18. The van der Waals surface area contributed by atoms with Crippen molar-refractivity contribution in [3.63, 3.8) is 0 Å². The highest BCUT2D eigenvalue weighted by Gasteiger charge is 2.09. The van der Waals surface area contributed by atoms with Crippen LogP contribution in [0.5, 0.6) is 11.5 Å². The van der Waals surface area contributed by atoms with Crippen molar-refractivity contribution in [1.29, 1.82) is 0 Å². The summed E-state index contributed by atoms with van der Waals surface area (Å²) < 4.78 is 10.4. The molecule has 0 unspecified atom stereocenters. The molecule has 0 fully saturated rings. The first kappa shape index (κ1) is 14.9. The van der Waals surface area contributed by atoms with Gasteiger partial charge in [0.15, 0.2) is 5.78 Å². The number of benzene rings is 2. The first-order valence-corrected chi connectivity index (χ1v) is 6.65. The Morgan fingerprint density at radius 1 is 1.05 bits per heavy atom. The van der Waals surface area contributed by atoms with E-state index >= 15 is 0 Å². The Morgan fingerprint density at radius 3 is 2.57 bits per heavy atom. The third-order valence-corrected chi connectivity index (χ3v) is 3.14. The molecule has 0 saturated carbocycles. The Morgan fingerprint density at radius 2 is 1.86 bits per heavy atom. The van der Waals surface area contributed by atoms with Crippen LogP contribution in [0.25, 0.3) is 6.08 Å². The Balaban J connectivity index is 2.23. The number of methoxy groups -OCH3 is 2. The van der Waals surface area contributed by atoms with Gasteiger partial charge in [0.05, 0.1) is 19.8 Å². The second-order valence-electron chi connectivity index (χ2n) is 4.68. The molecule has 0 aliphatic heterocycles. The lowest BCUT2D eigenvalue weighted by Gasteiger charge is -2.06. The highest BCUT2D eigenvalue weighted by molar-refractivity contribution is 6.08. The minimum Gasteiger partial charge on any atom is -0.497 e. The molecule has 3 nitrogen and oxygen atoms in total. The molecule has 0 heterocycles. The summed E-state index contributed by atoms with van der Waals surface area (Å²) in [6.45, 7) is 1.96. The van der Waals surface area contributed by atoms with Gasteiger partial charge in [-0.25, -0.2) is 0 Å². The van der Waals surface area contributed by atoms with Crippen LogP contribution in [0.4, 0.5) is 0 Å². The number of allylic oxidation sites excluding steroid dienone is 1. The predicted octanol–water partition coefficient (Wildman–Crippen LogP) is 3.91. The van der Waals surface area contributed by atoms with Crippen LogP contribution in [-0.2, 0) is 0 Å². The molecule has 108 valence electrons. The van der Waals surface area contributed by atoms with Crippen molar-refractivity contribution in [3.8, 4) is 11.5 Å². The lowest BCUT2D eigenvalue weighted by molar-refractivity contribution is 0.104. The van der Waals surface area contributed by atoms with E-state index < -0.39 is 0 Å². The first-order chi connectivity index (χ1) is 10.1. The number of ketones is 1. The zero-order chi connectivity index (χ0) is 15.2. The van der Waals surface area contributed by atoms with E-state index in [0.717, 1.165) is 16.9 Å². The molecule has 0 atom stereocenters. The number of aryl methyl sites for hydroxylation is 1. The van der Waals surface area contributed by atoms with Gasteiger partial charge in [-0.05, 0) is 48.4 Å². The zero-order valence-corrected chi connectivity index (χ0v) is 12.4. The molecule has 3 heteroatoms. The van der Waals surface area contributed by atoms with Crippen molar-refractivity contribution in [3.05, 3.63) is 65.2 Å². The quantitative estimate of drug-likeness (QED) is 0.616. The highest BCUT2D eigenvalue weighted by atomic mass is 16.5. The molecule has 0 aliphatic carbocycles. The minimum atomic E-state index is -0.0883. The van der Waals surface area contributed by atoms with Gasteiger partial charge in [0.2, 0.25) is 0 Å². The van der Waals surface area contributed by atoms with E-state index in [1.165, 1.54) is 0 Å². The number of rotatable bonds is 5. The van der Waals surface area contributed by atoms with Gasteiger partial charge in [0, 0.05) is 0 Å². The van der Waals surface area contributed by atoms with Gasteiger partial charge in [0.25, 0.3) is 0 Å². The summed E-state index contributed by atoms with van der Waals surface area (Å²) in [6.07, 6.45) is 3.31. The fourth-order valence-corrected chi connectivity index (χ4v) is 2.01. The SMILES string of the molecule is COc1cccc(/C=C/C(=O)c2ccc(C)cc2OC)c1. The Labute approximate surface area is 124 Å². The molecule has 0 bridgehead atoms. The Kier molecular flexibility index (Phi) is 4.77. The van der Waals surface area contributed by atoms with Crippen molar-refractivity contribution < 1.29 is 14.3 Å². The maximum Gasteiger partial charge on any atom is 0.189 e. The summed E-state index contributed by atoms with van der Waals surface area (Å²) >= 11 is 0. The second kappa shape index (κ2) is 6.75. The molecule has 21 heavy (non-hydrogen) atoms. The van der Waals surface area contributed by atoms with E-state index in [0.29, 0.717) is 11.3 Å². The number of carbonyl (C=O) groups is 1. The van der Waals surface area contributed by atoms with Crippen LogP contribution in [0.2, 0.25) is 0 Å². The van der Waals surface area contributed by atoms with Crippen molar-refractivity contribution in [2.24, 2.45) is 0 Å². The van der Waals surface area contributed by atoms with Crippen LogP contribution >= 0.6 is 0 Å². The van der Waals surface area contributed by atoms with Crippen LogP contribution < -0.4 is 9.47 Å². The Hall–Kier alpha value is -2.55. The first-order valence-electron chi connectivity index (χ1n) is 6.65. The highest BCUT2D eigenvalue weighted by Crippen LogP contribution is 2.21. The lowest BCUT2D eigenvalue weighted by atomic mass is 10.1. The van der Waals surface area contributed by atoms with Gasteiger partial charge < -0.3 is 9.47 Å². The van der Waals surface area contributed by atoms with E-state index in [1.807, 2.05) is 43.3 Å². The van der Waals surface area contributed by atoms with Crippen molar-refractivity contribution in [2.75, 3.05) is 14.2 Å². The summed E-state index contributed by atoms with van der Waals surface area (Å²) in [6, 6.07) is 13.1. The predicted molar refractivity (Wildman–Crippen MR) is 84.1 cm³/mol. The number of carbonyl (C=O) groups excluding carboxylic acids is 1. The zero-order valence-electron chi connectivity index (χ0n) is 12.4. The molecule has 0 aromatic heterocycles. The van der Waals surface area contributed by atoms with Gasteiger partial charge in [-0.15, -0.1) is 0 Å². The van der Waals surface area contributed by atoms with E-state index in [4.69, 9.17) is 9.47 Å². The minimum absolute atomic E-state index is 0.0883. The van der Waals surface area contributed by atoms with Crippen LogP contribution in [0.1, 0.15) is 21.5 Å². The van der Waals surface area contributed by atoms with Gasteiger partial charge >= 0.3 is 0 Å². The lowest BCUT2D eigenvalue weighted by Crippen LogP contribution is -1.99. The monoisotopic (exact) mass is 282 g/mol. The molecule has 2 aromatic rings. The standard InChI is InChI=1S/C18H18O3/c1-13-7-9-16(18(11-13)21-3)17(19)10-8-14-5-4-6-15(12-14)20-2/h4-12H,1-3H3/b10-8+. The average molecular weight is 282 g/mol. The van der Waals surface area contributed by atoms with Crippen LogP contribution in [0, 0.1) is 6.92 Å². The summed E-state index contributed by atoms with van der Waals surface area (Å²) in [5, 5.41) is 0. The number of hydrogen-bond acceptors (Lipinski definition) is 3. The number of ether oxygens (including phenoxy) is 2. The van der Waals surface area contributed by atoms with Gasteiger partial charge in [-0.1, -0.05) is 24.3 Å². The molecule has 0 spiro atoms. The average Bonchev–Trinajstić information content (AvgIpc) is 2.52. The third kappa shape index (κ3) is 3.72. The molecule has 0 aliphatic rings. The van der Waals surface area contributed by atoms with E-state index in [2.05, 4.69) is 0 Å². The fraction of sp³-hybridized carbons (Fsp3) is 0.167. The van der Waals surface area contributed by atoms with Crippen molar-refractivity contribution in [1.82, 2.24) is 0 Å². The third-order valence-electron chi connectivity index (χ3n) is 3.14. The van der Waals surface area contributed by atoms with Crippen molar-refractivity contribution >= 4 is 11.9 Å². The summed E-state index contributed by atoms with van der Waals surface area (Å²) in [5.74, 6) is 1.27. The molecule has 2 aromatic carbocycles. The van der Waals surface area contributed by atoms with E-state index in [9.17, 15) is 4.79 Å². The smallest absolute Gasteiger partial charge is 0.189 e. The van der Waals surface area contributed by atoms with Crippen molar-refractivity contribution in [2.45, 2.75) is 6.92 Å². The topological polar surface area (TPSA) is 35.5 Å². The molecular formula is C18H18O3. The van der Waals surface area contributed by atoms with Gasteiger partial charge in [-0.2, -0.15) is 0 Å². The molecule has 0 amide bonds. The Bertz CT molecular complexity index is 672. The van der Waals surface area contributed by atoms with E-state index in [1.54, 1.807) is 32.4 Å². The molecular weight excluding hydrogens is 264 g/mol. The van der Waals surface area contributed by atoms with E-state index in [-0.39, 0.29) is 5.78 Å².